The van der Waals surface area contributed by atoms with Gasteiger partial charge in [0.15, 0.2) is 0 Å². The van der Waals surface area contributed by atoms with Gasteiger partial charge in [-0.15, -0.1) is 0 Å². The van der Waals surface area contributed by atoms with Gasteiger partial charge in [0.2, 0.25) is 0 Å². The van der Waals surface area contributed by atoms with Crippen molar-refractivity contribution in [2.45, 2.75) is 0 Å². The highest BCUT2D eigenvalue weighted by Gasteiger charge is 1.98. The first-order valence-corrected chi connectivity index (χ1v) is 11.7. The van der Waals surface area contributed by atoms with Crippen LogP contribution in [0.15, 0.2) is 24.3 Å². The molecule has 1 aromatic rings. The molecule has 0 radical (unpaired) electrons. The first-order valence-electron chi connectivity index (χ1n) is 3.25. The Bertz CT molecular complexity index is 282. The maximum absolute atomic E-state index is 9.07. The number of rotatable bonds is 2. The standard InChI is InChI=1S/C8H7BrI2O/c9-5-8(11-10)6-1-3-7(12)4-2-6/h1-4,12H,5H2. The van der Waals surface area contributed by atoms with E-state index in [0.717, 1.165) is 5.33 Å². The lowest BCUT2D eigenvalue weighted by atomic mass is 10.2. The number of aromatic hydroxyl groups is 1. The molecule has 1 nitrogen and oxygen atoms in total. The predicted molar refractivity (Wildman–Crippen MR) is 74.0 cm³/mol. The number of hydrogen-bond acceptors (Lipinski definition) is 1. The highest BCUT2D eigenvalue weighted by atomic mass is 128. The predicted octanol–water partition coefficient (Wildman–Crippen LogP) is 3.63. The van der Waals surface area contributed by atoms with Gasteiger partial charge >= 0.3 is 0 Å². The van der Waals surface area contributed by atoms with E-state index in [1.807, 2.05) is 12.1 Å². The molecular formula is C8H7BrI2O. The van der Waals surface area contributed by atoms with Crippen LogP contribution in [0.3, 0.4) is 0 Å². The SMILES string of the molecule is Oc1ccc(C(CBr)=II)cc1. The van der Waals surface area contributed by atoms with Crippen molar-refractivity contribution in [3.8, 4) is 5.75 Å². The number of hydrogen-bond donors (Lipinski definition) is 1. The van der Waals surface area contributed by atoms with Gasteiger partial charge in [0.25, 0.3) is 0 Å². The second-order valence-corrected chi connectivity index (χ2v) is 7.16. The summed E-state index contributed by atoms with van der Waals surface area (Å²) in [4.78, 5) is 0. The molecule has 0 fully saturated rings. The van der Waals surface area contributed by atoms with Crippen LogP contribution in [-0.2, 0) is 0 Å². The topological polar surface area (TPSA) is 20.2 Å². The van der Waals surface area contributed by atoms with Crippen molar-refractivity contribution in [3.63, 3.8) is 0 Å². The summed E-state index contributed by atoms with van der Waals surface area (Å²) in [5, 5.41) is 10.0. The van der Waals surface area contributed by atoms with E-state index in [4.69, 9.17) is 5.11 Å². The molecule has 4 heteroatoms. The van der Waals surface area contributed by atoms with Gasteiger partial charge in [0, 0.05) is 8.84 Å². The van der Waals surface area contributed by atoms with E-state index in [1.54, 1.807) is 12.1 Å². The minimum absolute atomic E-state index is 0.111. The molecule has 0 saturated carbocycles. The fourth-order valence-electron chi connectivity index (χ4n) is 0.780. The Kier molecular flexibility index (Phi) is 5.03. The molecule has 1 N–H and O–H groups in total. The highest BCUT2D eigenvalue weighted by molar-refractivity contribution is 15.0. The number of phenolic OH excluding ortho intramolecular Hbond substituents is 1. The maximum atomic E-state index is 9.07. The van der Waals surface area contributed by atoms with Crippen LogP contribution in [0.2, 0.25) is 0 Å². The molecule has 0 unspecified atom stereocenters. The Labute approximate surface area is 99.6 Å². The summed E-state index contributed by atoms with van der Waals surface area (Å²) in [6.07, 6.45) is 0. The van der Waals surface area contributed by atoms with Crippen molar-refractivity contribution in [2.75, 3.05) is 5.33 Å². The number of alkyl halides is 1. The molecule has 0 amide bonds. The van der Waals surface area contributed by atoms with Crippen LogP contribution in [0.4, 0.5) is 0 Å². The molecular weight excluding hydrogens is 446 g/mol. The number of benzene rings is 1. The molecule has 1 aromatic carbocycles. The largest absolute Gasteiger partial charge is 0.508 e. The lowest BCUT2D eigenvalue weighted by Crippen LogP contribution is -1.96. The van der Waals surface area contributed by atoms with Crippen molar-refractivity contribution in [2.24, 2.45) is 0 Å². The van der Waals surface area contributed by atoms with E-state index in [-0.39, 0.29) is 16.8 Å². The molecule has 0 heterocycles. The Balaban J connectivity index is 2.96. The van der Waals surface area contributed by atoms with Crippen LogP contribution in [0.1, 0.15) is 5.56 Å². The number of phenols is 1. The van der Waals surface area contributed by atoms with Crippen LogP contribution >= 0.6 is 51.3 Å². The Hall–Kier alpha value is 0.830. The van der Waals surface area contributed by atoms with Gasteiger partial charge in [0.05, 0.1) is 0 Å². The lowest BCUT2D eigenvalue weighted by Gasteiger charge is -2.00. The molecule has 0 bridgehead atoms. The fraction of sp³-hybridized carbons (Fsp3) is 0.125. The Morgan fingerprint density at radius 1 is 1.42 bits per heavy atom. The van der Waals surface area contributed by atoms with Gasteiger partial charge in [-0.3, -0.25) is 0 Å². The van der Waals surface area contributed by atoms with E-state index in [0.29, 0.717) is 5.75 Å². The van der Waals surface area contributed by atoms with Gasteiger partial charge in [-0.2, -0.15) is 0 Å². The molecule has 0 aliphatic carbocycles. The van der Waals surface area contributed by atoms with Crippen LogP contribution < -0.4 is 0 Å². The summed E-state index contributed by atoms with van der Waals surface area (Å²) in [6, 6.07) is 7.39. The fourth-order valence-corrected chi connectivity index (χ4v) is 7.72. The lowest BCUT2D eigenvalue weighted by molar-refractivity contribution is 0.475. The van der Waals surface area contributed by atoms with Crippen molar-refractivity contribution in [1.29, 1.82) is 0 Å². The zero-order valence-electron chi connectivity index (χ0n) is 6.10. The maximum Gasteiger partial charge on any atom is 0.115 e. The minimum atomic E-state index is 0.111. The molecule has 0 aromatic heterocycles. The number of halogens is 3. The first-order chi connectivity index (χ1) is 5.77. The molecule has 0 saturated heterocycles. The van der Waals surface area contributed by atoms with Crippen molar-refractivity contribution < 1.29 is 5.11 Å². The first kappa shape index (κ1) is 10.9. The third-order valence-corrected chi connectivity index (χ3v) is 7.79. The summed E-state index contributed by atoms with van der Waals surface area (Å²) < 4.78 is 1.45. The monoisotopic (exact) mass is 452 g/mol. The zero-order valence-corrected chi connectivity index (χ0v) is 12.0. The summed E-state index contributed by atoms with van der Waals surface area (Å²) in [7, 11) is 0. The van der Waals surface area contributed by atoms with E-state index in [9.17, 15) is 0 Å². The third-order valence-electron chi connectivity index (χ3n) is 1.38. The van der Waals surface area contributed by atoms with Crippen LogP contribution in [0, 0.1) is 0 Å². The van der Waals surface area contributed by atoms with Crippen LogP contribution in [-0.4, -0.2) is 13.9 Å². The second kappa shape index (κ2) is 5.54. The molecule has 0 atom stereocenters. The molecule has 66 valence electrons. The third kappa shape index (κ3) is 2.95. The summed E-state index contributed by atoms with van der Waals surface area (Å²) >= 11 is 6.01. The molecule has 1 rings (SSSR count). The molecule has 12 heavy (non-hydrogen) atoms. The Morgan fingerprint density at radius 2 is 2.00 bits per heavy atom. The highest BCUT2D eigenvalue weighted by Crippen LogP contribution is 2.20. The average molecular weight is 453 g/mol. The summed E-state index contributed by atoms with van der Waals surface area (Å²) in [6.45, 7) is 0. The average Bonchev–Trinajstić information content (AvgIpc) is 2.10. The molecule has 0 aliphatic heterocycles. The van der Waals surface area contributed by atoms with E-state index >= 15 is 0 Å². The second-order valence-electron chi connectivity index (χ2n) is 2.16. The Morgan fingerprint density at radius 3 is 2.42 bits per heavy atom. The van der Waals surface area contributed by atoms with Crippen molar-refractivity contribution in [1.82, 2.24) is 0 Å². The van der Waals surface area contributed by atoms with Gasteiger partial charge in [-0.05, 0) is 53.1 Å². The quantitative estimate of drug-likeness (QED) is 0.537. The van der Waals surface area contributed by atoms with Crippen LogP contribution in [0.5, 0.6) is 5.75 Å². The van der Waals surface area contributed by atoms with Gasteiger partial charge in [-0.1, -0.05) is 28.1 Å². The smallest absolute Gasteiger partial charge is 0.115 e. The summed E-state index contributed by atoms with van der Waals surface area (Å²) in [5.74, 6) is 0.333. The van der Waals surface area contributed by atoms with Gasteiger partial charge in [0.1, 0.15) is 5.75 Å². The summed E-state index contributed by atoms with van der Waals surface area (Å²) in [5.41, 5.74) is 1.24. The normalized spacial score (nSPS) is 12.3. The van der Waals surface area contributed by atoms with Crippen molar-refractivity contribution >= 4 is 54.8 Å². The van der Waals surface area contributed by atoms with Gasteiger partial charge in [-0.25, -0.2) is 0 Å². The molecule has 0 aliphatic rings. The van der Waals surface area contributed by atoms with E-state index in [2.05, 4.69) is 34.5 Å². The van der Waals surface area contributed by atoms with Crippen molar-refractivity contribution in [3.05, 3.63) is 29.8 Å². The van der Waals surface area contributed by atoms with E-state index < -0.39 is 0 Å². The minimum Gasteiger partial charge on any atom is -0.508 e. The zero-order chi connectivity index (χ0) is 8.97. The molecule has 0 spiro atoms. The van der Waals surface area contributed by atoms with Gasteiger partial charge < -0.3 is 5.11 Å². The van der Waals surface area contributed by atoms with Crippen LogP contribution in [0.25, 0.3) is 0 Å². The van der Waals surface area contributed by atoms with E-state index in [1.165, 1.54) is 9.07 Å².